The number of hydrogen-bond acceptors (Lipinski definition) is 6. The number of sulfonamides is 1. The Morgan fingerprint density at radius 1 is 0.968 bits per heavy atom. The number of benzene rings is 1. The van der Waals surface area contributed by atoms with Crippen LogP contribution in [0, 0.1) is 6.92 Å². The molecule has 0 aliphatic carbocycles. The second-order valence-corrected chi connectivity index (χ2v) is 9.69. The van der Waals surface area contributed by atoms with Gasteiger partial charge in [-0.2, -0.15) is 4.31 Å². The third-order valence-corrected chi connectivity index (χ3v) is 7.50. The Morgan fingerprint density at radius 2 is 1.61 bits per heavy atom. The van der Waals surface area contributed by atoms with Crippen LogP contribution in [0.1, 0.15) is 31.7 Å². The first-order valence-corrected chi connectivity index (χ1v) is 12.2. The second-order valence-electron chi connectivity index (χ2n) is 7.75. The maximum Gasteiger partial charge on any atom is 0.409 e. The van der Waals surface area contributed by atoms with Crippen molar-refractivity contribution in [2.45, 2.75) is 38.0 Å². The van der Waals surface area contributed by atoms with Gasteiger partial charge in [-0.1, -0.05) is 6.42 Å². The minimum atomic E-state index is -3.51. The molecule has 2 heterocycles. The molecule has 0 aromatic heterocycles. The lowest BCUT2D eigenvalue weighted by Gasteiger charge is -2.34. The largest absolute Gasteiger partial charge is 0.483 e. The fourth-order valence-corrected chi connectivity index (χ4v) is 5.39. The highest BCUT2D eigenvalue weighted by atomic mass is 32.2. The third-order valence-electron chi connectivity index (χ3n) is 5.61. The molecule has 0 unspecified atom stereocenters. The molecule has 10 heteroatoms. The number of piperazine rings is 1. The van der Waals surface area contributed by atoms with E-state index in [-0.39, 0.29) is 23.5 Å². The molecule has 1 aromatic rings. The second kappa shape index (κ2) is 10.3. The van der Waals surface area contributed by atoms with Crippen LogP contribution < -0.4 is 4.74 Å². The summed E-state index contributed by atoms with van der Waals surface area (Å²) in [5.74, 6) is 0.309. The van der Waals surface area contributed by atoms with Gasteiger partial charge in [0, 0.05) is 39.3 Å². The van der Waals surface area contributed by atoms with Gasteiger partial charge in [0.15, 0.2) is 6.61 Å². The number of aryl methyl sites for hydroxylation is 1. The van der Waals surface area contributed by atoms with E-state index in [0.29, 0.717) is 57.2 Å². The van der Waals surface area contributed by atoms with Crippen LogP contribution in [0.5, 0.6) is 5.75 Å². The van der Waals surface area contributed by atoms with E-state index in [2.05, 4.69) is 0 Å². The standard InChI is InChI=1S/C21H31N3O6S/c1-3-29-21(26)23-13-11-22(12-14-23)20(25)16-30-19-8-7-18(15-17(19)2)31(27,28)24-9-5-4-6-10-24/h7-8,15H,3-6,9-14,16H2,1-2H3. The molecule has 2 aliphatic rings. The number of carbonyl (C=O) groups is 2. The number of nitrogens with zero attached hydrogens (tertiary/aromatic N) is 3. The van der Waals surface area contributed by atoms with Gasteiger partial charge in [0.2, 0.25) is 10.0 Å². The van der Waals surface area contributed by atoms with Crippen molar-refractivity contribution in [3.05, 3.63) is 23.8 Å². The molecule has 2 fully saturated rings. The Hall–Kier alpha value is -2.33. The van der Waals surface area contributed by atoms with Crippen LogP contribution in [0.4, 0.5) is 4.79 Å². The lowest BCUT2D eigenvalue weighted by atomic mass is 10.2. The van der Waals surface area contributed by atoms with Crippen molar-refractivity contribution in [2.75, 3.05) is 52.5 Å². The minimum Gasteiger partial charge on any atom is -0.483 e. The highest BCUT2D eigenvalue weighted by Crippen LogP contribution is 2.26. The molecule has 2 saturated heterocycles. The van der Waals surface area contributed by atoms with Gasteiger partial charge >= 0.3 is 6.09 Å². The summed E-state index contributed by atoms with van der Waals surface area (Å²) < 4.78 is 37.8. The Labute approximate surface area is 183 Å². The van der Waals surface area contributed by atoms with Crippen LogP contribution in [0.3, 0.4) is 0 Å². The van der Waals surface area contributed by atoms with Gasteiger partial charge in [-0.25, -0.2) is 13.2 Å². The molecule has 0 atom stereocenters. The molecule has 172 valence electrons. The van der Waals surface area contributed by atoms with Crippen LogP contribution in [0.25, 0.3) is 0 Å². The molecule has 0 radical (unpaired) electrons. The zero-order valence-electron chi connectivity index (χ0n) is 18.2. The van der Waals surface area contributed by atoms with E-state index in [1.165, 1.54) is 10.4 Å². The molecule has 3 rings (SSSR count). The highest BCUT2D eigenvalue weighted by Gasteiger charge is 2.27. The molecular weight excluding hydrogens is 422 g/mol. The first-order valence-electron chi connectivity index (χ1n) is 10.8. The molecule has 9 nitrogen and oxygen atoms in total. The Bertz CT molecular complexity index is 890. The Morgan fingerprint density at radius 3 is 2.23 bits per heavy atom. The summed E-state index contributed by atoms with van der Waals surface area (Å²) in [7, 11) is -3.51. The highest BCUT2D eigenvalue weighted by molar-refractivity contribution is 7.89. The topological polar surface area (TPSA) is 96.5 Å². The summed E-state index contributed by atoms with van der Waals surface area (Å²) in [6.45, 7) is 6.51. The zero-order valence-corrected chi connectivity index (χ0v) is 19.0. The number of piperidine rings is 1. The van der Waals surface area contributed by atoms with Crippen molar-refractivity contribution in [1.82, 2.24) is 14.1 Å². The molecule has 0 spiro atoms. The van der Waals surface area contributed by atoms with Crippen molar-refractivity contribution >= 4 is 22.0 Å². The number of ether oxygens (including phenoxy) is 2. The van der Waals surface area contributed by atoms with E-state index >= 15 is 0 Å². The van der Waals surface area contributed by atoms with Crippen LogP contribution in [-0.4, -0.2) is 87.0 Å². The average Bonchev–Trinajstić information content (AvgIpc) is 2.79. The Balaban J connectivity index is 1.54. The number of carbonyl (C=O) groups excluding carboxylic acids is 2. The van der Waals surface area contributed by atoms with Crippen LogP contribution >= 0.6 is 0 Å². The van der Waals surface area contributed by atoms with Crippen LogP contribution in [-0.2, 0) is 19.6 Å². The van der Waals surface area contributed by atoms with Crippen LogP contribution in [0.2, 0.25) is 0 Å². The summed E-state index contributed by atoms with van der Waals surface area (Å²) in [5, 5.41) is 0. The van der Waals surface area contributed by atoms with Crippen molar-refractivity contribution in [3.8, 4) is 5.75 Å². The van der Waals surface area contributed by atoms with E-state index in [1.54, 1.807) is 35.8 Å². The molecule has 0 bridgehead atoms. The van der Waals surface area contributed by atoms with Gasteiger partial charge in [-0.15, -0.1) is 0 Å². The summed E-state index contributed by atoms with van der Waals surface area (Å²) in [4.78, 5) is 27.7. The monoisotopic (exact) mass is 453 g/mol. The number of amides is 2. The summed E-state index contributed by atoms with van der Waals surface area (Å²) >= 11 is 0. The predicted octanol–water partition coefficient (Wildman–Crippen LogP) is 1.85. The van der Waals surface area contributed by atoms with E-state index in [4.69, 9.17) is 9.47 Å². The molecular formula is C21H31N3O6S. The maximum atomic E-state index is 12.8. The normalized spacial score (nSPS) is 18.0. The molecule has 0 N–H and O–H groups in total. The molecule has 2 amide bonds. The SMILES string of the molecule is CCOC(=O)N1CCN(C(=O)COc2ccc(S(=O)(=O)N3CCCCC3)cc2C)CC1. The molecule has 0 saturated carbocycles. The smallest absolute Gasteiger partial charge is 0.409 e. The summed E-state index contributed by atoms with van der Waals surface area (Å²) in [6.07, 6.45) is 2.47. The van der Waals surface area contributed by atoms with Gasteiger partial charge in [0.1, 0.15) is 5.75 Å². The number of rotatable bonds is 6. The summed E-state index contributed by atoms with van der Waals surface area (Å²) in [6, 6.07) is 4.74. The maximum absolute atomic E-state index is 12.8. The van der Waals surface area contributed by atoms with Gasteiger partial charge in [-0.05, 0) is 50.5 Å². The zero-order chi connectivity index (χ0) is 22.4. The fourth-order valence-electron chi connectivity index (χ4n) is 3.78. The van der Waals surface area contributed by atoms with Gasteiger partial charge in [0.05, 0.1) is 11.5 Å². The molecule has 31 heavy (non-hydrogen) atoms. The first-order chi connectivity index (χ1) is 14.8. The van der Waals surface area contributed by atoms with E-state index in [9.17, 15) is 18.0 Å². The lowest BCUT2D eigenvalue weighted by Crippen LogP contribution is -2.51. The predicted molar refractivity (Wildman–Crippen MR) is 114 cm³/mol. The van der Waals surface area contributed by atoms with Crippen molar-refractivity contribution in [1.29, 1.82) is 0 Å². The van der Waals surface area contributed by atoms with Crippen molar-refractivity contribution in [3.63, 3.8) is 0 Å². The molecule has 1 aromatic carbocycles. The van der Waals surface area contributed by atoms with Gasteiger partial charge < -0.3 is 19.3 Å². The first kappa shape index (κ1) is 23.3. The summed E-state index contributed by atoms with van der Waals surface area (Å²) in [5.41, 5.74) is 0.665. The van der Waals surface area contributed by atoms with Crippen LogP contribution in [0.15, 0.2) is 23.1 Å². The molecule has 2 aliphatic heterocycles. The average molecular weight is 454 g/mol. The van der Waals surface area contributed by atoms with Gasteiger partial charge in [0.25, 0.3) is 5.91 Å². The minimum absolute atomic E-state index is 0.140. The number of hydrogen-bond donors (Lipinski definition) is 0. The van der Waals surface area contributed by atoms with Gasteiger partial charge in [-0.3, -0.25) is 4.79 Å². The Kier molecular flexibility index (Phi) is 7.77. The van der Waals surface area contributed by atoms with Crippen molar-refractivity contribution < 1.29 is 27.5 Å². The quantitative estimate of drug-likeness (QED) is 0.652. The van der Waals surface area contributed by atoms with E-state index in [1.807, 2.05) is 0 Å². The van der Waals surface area contributed by atoms with E-state index in [0.717, 1.165) is 19.3 Å². The van der Waals surface area contributed by atoms with E-state index < -0.39 is 10.0 Å². The lowest BCUT2D eigenvalue weighted by molar-refractivity contribution is -0.134. The third kappa shape index (κ3) is 5.68. The van der Waals surface area contributed by atoms with Crippen molar-refractivity contribution in [2.24, 2.45) is 0 Å². The fraction of sp³-hybridized carbons (Fsp3) is 0.619.